The maximum atomic E-state index is 6.87. The van der Waals surface area contributed by atoms with Crippen molar-refractivity contribution in [1.82, 2.24) is 0 Å². The molecule has 0 N–H and O–H groups in total. The van der Waals surface area contributed by atoms with Crippen molar-refractivity contribution in [2.24, 2.45) is 0 Å². The number of hydrogen-bond acceptors (Lipinski definition) is 1. The van der Waals surface area contributed by atoms with E-state index < -0.39 is 8.32 Å². The number of hydrogen-bond donors (Lipinski definition) is 0. The summed E-state index contributed by atoms with van der Waals surface area (Å²) in [5.41, 5.74) is 2.62. The Morgan fingerprint density at radius 1 is 1.00 bits per heavy atom. The van der Waals surface area contributed by atoms with Crippen molar-refractivity contribution in [3.63, 3.8) is 0 Å². The van der Waals surface area contributed by atoms with Crippen molar-refractivity contribution in [3.8, 4) is 0 Å². The molecule has 24 heavy (non-hydrogen) atoms. The molecular weight excluding hydrogens is 308 g/mol. The van der Waals surface area contributed by atoms with Gasteiger partial charge in [0.2, 0.25) is 8.32 Å². The first kappa shape index (κ1) is 21.7. The van der Waals surface area contributed by atoms with Crippen LogP contribution in [0, 0.1) is 0 Å². The van der Waals surface area contributed by atoms with E-state index in [1.807, 2.05) is 0 Å². The topological polar surface area (TPSA) is 9.23 Å². The first-order valence-electron chi connectivity index (χ1n) is 10.5. The molecular formula is C22H42OSi. The molecule has 1 aliphatic heterocycles. The van der Waals surface area contributed by atoms with Gasteiger partial charge in [-0.2, -0.15) is 0 Å². The van der Waals surface area contributed by atoms with E-state index in [1.165, 1.54) is 56.9 Å². The molecule has 1 nitrogen and oxygen atoms in total. The molecule has 0 radical (unpaired) electrons. The van der Waals surface area contributed by atoms with Crippen LogP contribution in [0.4, 0.5) is 0 Å². The van der Waals surface area contributed by atoms with Gasteiger partial charge in [-0.1, -0.05) is 98.3 Å². The summed E-state index contributed by atoms with van der Waals surface area (Å²) in [5.74, 6) is 0. The van der Waals surface area contributed by atoms with E-state index in [9.17, 15) is 0 Å². The Hall–Kier alpha value is -0.343. The molecule has 0 saturated heterocycles. The number of unbranched alkanes of at least 4 members (excludes halogenated alkanes) is 5. The monoisotopic (exact) mass is 350 g/mol. The lowest BCUT2D eigenvalue weighted by Crippen LogP contribution is -2.46. The maximum absolute atomic E-state index is 6.87. The Morgan fingerprint density at radius 3 is 2.12 bits per heavy atom. The molecule has 1 atom stereocenters. The maximum Gasteiger partial charge on any atom is 0.230 e. The Kier molecular flexibility index (Phi) is 9.59. The third kappa shape index (κ3) is 5.33. The standard InChI is InChI=1S/C22H42OSi/c1-8-10-12-14-15-20(7)22-17-21(16-13-11-9-2)23-24(22,18(3)4)19(5)6/h17-19,21H,7-16H2,1-6H3/t21-/m1/s1. The first-order valence-corrected chi connectivity index (χ1v) is 12.5. The minimum Gasteiger partial charge on any atom is -0.406 e. The average molecular weight is 351 g/mol. The highest BCUT2D eigenvalue weighted by Crippen LogP contribution is 2.47. The Balaban J connectivity index is 2.88. The van der Waals surface area contributed by atoms with Crippen molar-refractivity contribution >= 4 is 8.32 Å². The van der Waals surface area contributed by atoms with Crippen LogP contribution in [0.3, 0.4) is 0 Å². The van der Waals surface area contributed by atoms with Crippen LogP contribution in [0.2, 0.25) is 11.1 Å². The van der Waals surface area contributed by atoms with Crippen molar-refractivity contribution in [2.75, 3.05) is 0 Å². The molecule has 140 valence electrons. The van der Waals surface area contributed by atoms with E-state index in [2.05, 4.69) is 54.2 Å². The second-order valence-electron chi connectivity index (χ2n) is 8.25. The normalized spacial score (nSPS) is 20.0. The molecule has 0 saturated carbocycles. The summed E-state index contributed by atoms with van der Waals surface area (Å²) >= 11 is 0. The van der Waals surface area contributed by atoms with Gasteiger partial charge in [0.25, 0.3) is 0 Å². The van der Waals surface area contributed by atoms with Gasteiger partial charge in [-0.05, 0) is 35.5 Å². The van der Waals surface area contributed by atoms with Crippen molar-refractivity contribution in [2.45, 2.75) is 117 Å². The van der Waals surface area contributed by atoms with Gasteiger partial charge in [0.1, 0.15) is 0 Å². The minimum atomic E-state index is -1.91. The van der Waals surface area contributed by atoms with Crippen LogP contribution < -0.4 is 0 Å². The van der Waals surface area contributed by atoms with Crippen LogP contribution >= 0.6 is 0 Å². The molecule has 0 bridgehead atoms. The van der Waals surface area contributed by atoms with E-state index in [-0.39, 0.29) is 0 Å². The highest BCUT2D eigenvalue weighted by atomic mass is 28.4. The predicted molar refractivity (Wildman–Crippen MR) is 111 cm³/mol. The van der Waals surface area contributed by atoms with Crippen LogP contribution in [-0.2, 0) is 4.43 Å². The highest BCUT2D eigenvalue weighted by Gasteiger charge is 2.51. The van der Waals surface area contributed by atoms with Gasteiger partial charge in [0.15, 0.2) is 0 Å². The number of allylic oxidation sites excluding steroid dienone is 2. The smallest absolute Gasteiger partial charge is 0.230 e. The molecule has 1 rings (SSSR count). The van der Waals surface area contributed by atoms with Gasteiger partial charge in [-0.25, -0.2) is 0 Å². The fourth-order valence-electron chi connectivity index (χ4n) is 4.26. The third-order valence-corrected chi connectivity index (χ3v) is 11.1. The summed E-state index contributed by atoms with van der Waals surface area (Å²) in [6, 6.07) is 0. The summed E-state index contributed by atoms with van der Waals surface area (Å²) in [4.78, 5) is 0. The van der Waals surface area contributed by atoms with Crippen LogP contribution in [-0.4, -0.2) is 14.4 Å². The van der Waals surface area contributed by atoms with Crippen molar-refractivity contribution < 1.29 is 4.43 Å². The molecule has 0 fully saturated rings. The number of rotatable bonds is 12. The quantitative estimate of drug-likeness (QED) is 0.258. The average Bonchev–Trinajstić information content (AvgIpc) is 2.93. The zero-order valence-electron chi connectivity index (χ0n) is 17.3. The molecule has 0 unspecified atom stereocenters. The van der Waals surface area contributed by atoms with E-state index in [4.69, 9.17) is 4.43 Å². The Morgan fingerprint density at radius 2 is 1.58 bits per heavy atom. The zero-order chi connectivity index (χ0) is 18.2. The summed E-state index contributed by atoms with van der Waals surface area (Å²) < 4.78 is 6.87. The Labute approximate surface area is 153 Å². The summed E-state index contributed by atoms with van der Waals surface area (Å²) in [5, 5.41) is 1.56. The van der Waals surface area contributed by atoms with Gasteiger partial charge >= 0.3 is 0 Å². The zero-order valence-corrected chi connectivity index (χ0v) is 18.3. The fourth-order valence-corrected chi connectivity index (χ4v) is 9.32. The molecule has 0 aromatic rings. The largest absolute Gasteiger partial charge is 0.406 e. The SMILES string of the molecule is C=C(CCCCCC)C1=C[C@@H](CCCCC)O[Si]1(C(C)C)C(C)C. The predicted octanol–water partition coefficient (Wildman–Crippen LogP) is 7.72. The van der Waals surface area contributed by atoms with Gasteiger partial charge in [0, 0.05) is 0 Å². The van der Waals surface area contributed by atoms with Crippen LogP contribution in [0.5, 0.6) is 0 Å². The highest BCUT2D eigenvalue weighted by molar-refractivity contribution is 6.84. The summed E-state index contributed by atoms with van der Waals surface area (Å²) in [6.45, 7) is 18.6. The minimum absolute atomic E-state index is 0.343. The van der Waals surface area contributed by atoms with Gasteiger partial charge in [-0.15, -0.1) is 0 Å². The van der Waals surface area contributed by atoms with E-state index in [0.717, 1.165) is 6.42 Å². The van der Waals surface area contributed by atoms with Crippen molar-refractivity contribution in [3.05, 3.63) is 23.4 Å². The molecule has 0 aliphatic carbocycles. The Bertz CT molecular complexity index is 400. The first-order chi connectivity index (χ1) is 11.4. The van der Waals surface area contributed by atoms with Gasteiger partial charge in [-0.3, -0.25) is 0 Å². The molecule has 2 heteroatoms. The second kappa shape index (κ2) is 10.6. The third-order valence-electron chi connectivity index (χ3n) is 5.64. The molecule has 0 amide bonds. The lowest BCUT2D eigenvalue weighted by molar-refractivity contribution is 0.226. The summed E-state index contributed by atoms with van der Waals surface area (Å²) in [6.07, 6.45) is 14.3. The molecule has 1 aliphatic rings. The second-order valence-corrected chi connectivity index (χ2v) is 12.9. The van der Waals surface area contributed by atoms with E-state index in [0.29, 0.717) is 17.2 Å². The van der Waals surface area contributed by atoms with Crippen LogP contribution in [0.25, 0.3) is 0 Å². The molecule has 0 aromatic heterocycles. The molecule has 0 spiro atoms. The molecule has 0 aromatic carbocycles. The van der Waals surface area contributed by atoms with Crippen molar-refractivity contribution in [1.29, 1.82) is 0 Å². The van der Waals surface area contributed by atoms with Gasteiger partial charge < -0.3 is 4.43 Å². The molecule has 1 heterocycles. The lowest BCUT2D eigenvalue weighted by atomic mass is 10.1. The van der Waals surface area contributed by atoms with Crippen LogP contribution in [0.15, 0.2) is 23.4 Å². The summed E-state index contributed by atoms with van der Waals surface area (Å²) in [7, 11) is -1.91. The van der Waals surface area contributed by atoms with E-state index in [1.54, 1.807) is 5.20 Å². The van der Waals surface area contributed by atoms with Crippen LogP contribution in [0.1, 0.15) is 99.3 Å². The van der Waals surface area contributed by atoms with Gasteiger partial charge in [0.05, 0.1) is 6.10 Å². The fraction of sp³-hybridized carbons (Fsp3) is 0.818. The lowest BCUT2D eigenvalue weighted by Gasteiger charge is -2.38. The van der Waals surface area contributed by atoms with E-state index >= 15 is 0 Å².